The zero-order chi connectivity index (χ0) is 15.2. The second-order valence-electron chi connectivity index (χ2n) is 5.92. The first-order valence-corrected chi connectivity index (χ1v) is 7.66. The van der Waals surface area contributed by atoms with E-state index in [0.29, 0.717) is 23.7 Å². The molecule has 0 bridgehead atoms. The van der Waals surface area contributed by atoms with Gasteiger partial charge in [0.2, 0.25) is 0 Å². The van der Waals surface area contributed by atoms with Crippen molar-refractivity contribution in [3.8, 4) is 17.6 Å². The number of hydrogen-bond donors (Lipinski definition) is 1. The quantitative estimate of drug-likeness (QED) is 0.859. The molecule has 0 aromatic heterocycles. The molecule has 0 aliphatic heterocycles. The van der Waals surface area contributed by atoms with Crippen molar-refractivity contribution in [2.75, 3.05) is 6.61 Å². The van der Waals surface area contributed by atoms with E-state index in [-0.39, 0.29) is 18.5 Å². The Morgan fingerprint density at radius 3 is 2.81 bits per heavy atom. The fourth-order valence-corrected chi connectivity index (χ4v) is 2.70. The van der Waals surface area contributed by atoms with Crippen LogP contribution in [0.5, 0.6) is 5.75 Å². The van der Waals surface area contributed by atoms with Crippen LogP contribution in [0.1, 0.15) is 45.1 Å². The first kappa shape index (κ1) is 15.9. The molecule has 1 N–H and O–H groups in total. The molecule has 0 heterocycles. The minimum atomic E-state index is -0.310. The van der Waals surface area contributed by atoms with E-state index in [1.807, 2.05) is 0 Å². The molecule has 3 heteroatoms. The van der Waals surface area contributed by atoms with Gasteiger partial charge in [-0.15, -0.1) is 0 Å². The summed E-state index contributed by atoms with van der Waals surface area (Å²) in [5.74, 6) is 7.37. The lowest BCUT2D eigenvalue weighted by molar-refractivity contribution is 0.100. The molecule has 1 aliphatic carbocycles. The summed E-state index contributed by atoms with van der Waals surface area (Å²) in [5.41, 5.74) is 0.691. The molecule has 0 saturated heterocycles. The maximum atomic E-state index is 13.5. The van der Waals surface area contributed by atoms with Crippen molar-refractivity contribution in [1.29, 1.82) is 0 Å². The average molecular weight is 290 g/mol. The van der Waals surface area contributed by atoms with Crippen LogP contribution in [0.3, 0.4) is 0 Å². The maximum absolute atomic E-state index is 13.5. The largest absolute Gasteiger partial charge is 0.489 e. The number of ether oxygens (including phenoxy) is 1. The molecule has 1 aliphatic rings. The highest BCUT2D eigenvalue weighted by Gasteiger charge is 2.26. The predicted molar refractivity (Wildman–Crippen MR) is 81.6 cm³/mol. The molecule has 114 valence electrons. The monoisotopic (exact) mass is 290 g/mol. The van der Waals surface area contributed by atoms with Gasteiger partial charge >= 0.3 is 0 Å². The van der Waals surface area contributed by atoms with Crippen LogP contribution in [0.15, 0.2) is 18.2 Å². The Labute approximate surface area is 126 Å². The molecule has 1 aromatic carbocycles. The molecular weight excluding hydrogens is 267 g/mol. The number of halogens is 1. The smallest absolute Gasteiger partial charge is 0.138 e. The third kappa shape index (κ3) is 4.47. The van der Waals surface area contributed by atoms with E-state index in [1.54, 1.807) is 6.07 Å². The Hall–Kier alpha value is -1.53. The molecule has 21 heavy (non-hydrogen) atoms. The van der Waals surface area contributed by atoms with Gasteiger partial charge in [-0.25, -0.2) is 4.39 Å². The van der Waals surface area contributed by atoms with Crippen molar-refractivity contribution in [3.63, 3.8) is 0 Å². The van der Waals surface area contributed by atoms with Crippen LogP contribution >= 0.6 is 0 Å². The molecule has 1 saturated carbocycles. The fourth-order valence-electron chi connectivity index (χ4n) is 2.70. The number of hydrogen-bond acceptors (Lipinski definition) is 2. The summed E-state index contributed by atoms with van der Waals surface area (Å²) in [6.45, 7) is 4.55. The number of rotatable bonds is 3. The van der Waals surface area contributed by atoms with Crippen molar-refractivity contribution >= 4 is 0 Å². The summed E-state index contributed by atoms with van der Waals surface area (Å²) in [6, 6.07) is 4.44. The van der Waals surface area contributed by atoms with E-state index in [0.717, 1.165) is 25.2 Å². The van der Waals surface area contributed by atoms with E-state index < -0.39 is 0 Å². The zero-order valence-corrected chi connectivity index (χ0v) is 12.7. The van der Waals surface area contributed by atoms with E-state index in [9.17, 15) is 4.39 Å². The molecular formula is C18H23FO2. The maximum Gasteiger partial charge on any atom is 0.138 e. The van der Waals surface area contributed by atoms with Gasteiger partial charge in [-0.3, -0.25) is 0 Å². The summed E-state index contributed by atoms with van der Waals surface area (Å²) < 4.78 is 19.5. The molecule has 3 unspecified atom stereocenters. The van der Waals surface area contributed by atoms with Crippen molar-refractivity contribution in [3.05, 3.63) is 29.6 Å². The van der Waals surface area contributed by atoms with Crippen molar-refractivity contribution < 1.29 is 14.2 Å². The van der Waals surface area contributed by atoms with E-state index in [1.165, 1.54) is 12.1 Å². The lowest BCUT2D eigenvalue weighted by Crippen LogP contribution is -2.29. The third-order valence-corrected chi connectivity index (χ3v) is 4.25. The normalized spacial score (nSPS) is 25.0. The van der Waals surface area contributed by atoms with Crippen molar-refractivity contribution in [2.45, 2.75) is 45.6 Å². The highest BCUT2D eigenvalue weighted by atomic mass is 19.1. The number of aliphatic hydroxyl groups excluding tert-OH is 1. The van der Waals surface area contributed by atoms with E-state index in [2.05, 4.69) is 25.7 Å². The lowest BCUT2D eigenvalue weighted by Gasteiger charge is -2.32. The molecule has 1 fully saturated rings. The Balaban J connectivity index is 2.11. The first-order valence-electron chi connectivity index (χ1n) is 7.66. The van der Waals surface area contributed by atoms with Gasteiger partial charge in [-0.05, 0) is 43.2 Å². The van der Waals surface area contributed by atoms with Crippen molar-refractivity contribution in [2.24, 2.45) is 11.8 Å². The molecule has 3 atom stereocenters. The fraction of sp³-hybridized carbons (Fsp3) is 0.556. The van der Waals surface area contributed by atoms with Gasteiger partial charge < -0.3 is 9.84 Å². The van der Waals surface area contributed by atoms with Gasteiger partial charge in [0, 0.05) is 12.5 Å². The minimum Gasteiger partial charge on any atom is -0.489 e. The van der Waals surface area contributed by atoms with Gasteiger partial charge in [0.15, 0.2) is 0 Å². The van der Waals surface area contributed by atoms with Gasteiger partial charge in [0.25, 0.3) is 0 Å². The SMILES string of the molecule is CC1CCC(Oc2cc(F)ccc2C#CCCO)CC1C. The van der Waals surface area contributed by atoms with Crippen LogP contribution in [-0.4, -0.2) is 17.8 Å². The summed E-state index contributed by atoms with van der Waals surface area (Å²) in [7, 11) is 0. The average Bonchev–Trinajstić information content (AvgIpc) is 2.45. The molecule has 0 radical (unpaired) electrons. The van der Waals surface area contributed by atoms with Crippen LogP contribution in [0.2, 0.25) is 0 Å². The lowest BCUT2D eigenvalue weighted by atomic mass is 9.80. The van der Waals surface area contributed by atoms with Crippen LogP contribution in [0, 0.1) is 29.5 Å². The van der Waals surface area contributed by atoms with Gasteiger partial charge in [0.05, 0.1) is 18.3 Å². The highest BCUT2D eigenvalue weighted by Crippen LogP contribution is 2.32. The van der Waals surface area contributed by atoms with Crippen LogP contribution in [-0.2, 0) is 0 Å². The summed E-state index contributed by atoms with van der Waals surface area (Å²) in [5, 5.41) is 8.78. The van der Waals surface area contributed by atoms with Gasteiger partial charge in [-0.1, -0.05) is 25.7 Å². The van der Waals surface area contributed by atoms with Crippen molar-refractivity contribution in [1.82, 2.24) is 0 Å². The number of benzene rings is 1. The Bertz CT molecular complexity index is 530. The zero-order valence-electron chi connectivity index (χ0n) is 12.7. The molecule has 1 aromatic rings. The molecule has 2 nitrogen and oxygen atoms in total. The number of aliphatic hydroxyl groups is 1. The topological polar surface area (TPSA) is 29.5 Å². The summed E-state index contributed by atoms with van der Waals surface area (Å²) in [4.78, 5) is 0. The van der Waals surface area contributed by atoms with Crippen LogP contribution in [0.25, 0.3) is 0 Å². The third-order valence-electron chi connectivity index (χ3n) is 4.25. The van der Waals surface area contributed by atoms with E-state index >= 15 is 0 Å². The standard InChI is InChI=1S/C18H23FO2/c1-13-6-9-17(11-14(13)2)21-18-12-16(19)8-7-15(18)5-3-4-10-20/h7-8,12-14,17,20H,4,6,9-11H2,1-2H3. The second kappa shape index (κ2) is 7.47. The Morgan fingerprint density at radius 2 is 2.10 bits per heavy atom. The highest BCUT2D eigenvalue weighted by molar-refractivity contribution is 5.46. The predicted octanol–water partition coefficient (Wildman–Crippen LogP) is 3.76. The molecule has 2 rings (SSSR count). The minimum absolute atomic E-state index is 0.0302. The molecule has 0 spiro atoms. The Kier molecular flexibility index (Phi) is 5.64. The van der Waals surface area contributed by atoms with Crippen LogP contribution in [0.4, 0.5) is 4.39 Å². The Morgan fingerprint density at radius 1 is 1.29 bits per heavy atom. The van der Waals surface area contributed by atoms with E-state index in [4.69, 9.17) is 9.84 Å². The summed E-state index contributed by atoms with van der Waals surface area (Å²) >= 11 is 0. The van der Waals surface area contributed by atoms with Gasteiger partial charge in [-0.2, -0.15) is 0 Å². The first-order chi connectivity index (χ1) is 10.1. The second-order valence-corrected chi connectivity index (χ2v) is 5.92. The molecule has 0 amide bonds. The van der Waals surface area contributed by atoms with Crippen LogP contribution < -0.4 is 4.74 Å². The van der Waals surface area contributed by atoms with Gasteiger partial charge in [0.1, 0.15) is 11.6 Å². The summed E-state index contributed by atoms with van der Waals surface area (Å²) in [6.07, 6.45) is 3.70.